The van der Waals surface area contributed by atoms with E-state index >= 15 is 0 Å². The van der Waals surface area contributed by atoms with Gasteiger partial charge >= 0.3 is 0 Å². The largest absolute Gasteiger partial charge is 0.372 e. The molecule has 0 fully saturated rings. The lowest BCUT2D eigenvalue weighted by Crippen LogP contribution is -2.26. The number of nitrogens with zero attached hydrogens (tertiary/aromatic N) is 3. The molecule has 0 saturated carbocycles. The van der Waals surface area contributed by atoms with E-state index in [1.165, 1.54) is 4.68 Å². The van der Waals surface area contributed by atoms with E-state index in [0.717, 1.165) is 18.7 Å². The van der Waals surface area contributed by atoms with E-state index in [4.69, 9.17) is 0 Å². The van der Waals surface area contributed by atoms with Gasteiger partial charge in [0.15, 0.2) is 0 Å². The average Bonchev–Trinajstić information content (AvgIpc) is 2.23. The molecule has 16 heavy (non-hydrogen) atoms. The molecule has 1 aromatic heterocycles. The molecule has 0 aliphatic heterocycles. The number of aromatic nitrogens is 2. The van der Waals surface area contributed by atoms with Gasteiger partial charge in [-0.05, 0) is 28.3 Å². The molecule has 1 aromatic rings. The summed E-state index contributed by atoms with van der Waals surface area (Å²) in [4.78, 5) is 13.7. The quantitative estimate of drug-likeness (QED) is 0.851. The van der Waals surface area contributed by atoms with Crippen LogP contribution in [0.2, 0.25) is 0 Å². The first-order valence-electron chi connectivity index (χ1n) is 5.36. The van der Waals surface area contributed by atoms with Crippen molar-refractivity contribution in [1.29, 1.82) is 0 Å². The van der Waals surface area contributed by atoms with Gasteiger partial charge in [-0.2, -0.15) is 5.10 Å². The third kappa shape index (κ3) is 3.07. The Morgan fingerprint density at radius 3 is 2.75 bits per heavy atom. The summed E-state index contributed by atoms with van der Waals surface area (Å²) in [7, 11) is 3.62. The van der Waals surface area contributed by atoms with Crippen LogP contribution in [0.25, 0.3) is 0 Å². The van der Waals surface area contributed by atoms with Gasteiger partial charge in [0.05, 0.1) is 11.9 Å². The summed E-state index contributed by atoms with van der Waals surface area (Å²) < 4.78 is 1.90. The van der Waals surface area contributed by atoms with Crippen molar-refractivity contribution in [2.24, 2.45) is 13.0 Å². The average molecular weight is 288 g/mol. The Kier molecular flexibility index (Phi) is 4.53. The molecular weight excluding hydrogens is 270 g/mol. The number of halogens is 1. The van der Waals surface area contributed by atoms with Crippen molar-refractivity contribution in [2.75, 3.05) is 18.5 Å². The van der Waals surface area contributed by atoms with Crippen LogP contribution in [0.15, 0.2) is 15.5 Å². The first kappa shape index (κ1) is 13.2. The maximum Gasteiger partial charge on any atom is 0.282 e. The molecule has 0 aliphatic carbocycles. The Morgan fingerprint density at radius 1 is 1.56 bits per heavy atom. The van der Waals surface area contributed by atoms with Crippen LogP contribution < -0.4 is 10.5 Å². The maximum atomic E-state index is 11.7. The lowest BCUT2D eigenvalue weighted by atomic mass is 10.1. The predicted molar refractivity (Wildman–Crippen MR) is 69.9 cm³/mol. The van der Waals surface area contributed by atoms with E-state index in [1.807, 2.05) is 7.05 Å². The Hall–Kier alpha value is -0.840. The smallest absolute Gasteiger partial charge is 0.282 e. The summed E-state index contributed by atoms with van der Waals surface area (Å²) in [5, 5.41) is 4.02. The van der Waals surface area contributed by atoms with Crippen LogP contribution in [-0.4, -0.2) is 23.4 Å². The fourth-order valence-electron chi connectivity index (χ4n) is 1.34. The van der Waals surface area contributed by atoms with E-state index in [1.54, 1.807) is 13.2 Å². The van der Waals surface area contributed by atoms with Gasteiger partial charge in [0.1, 0.15) is 4.47 Å². The molecule has 1 rings (SSSR count). The SMILES string of the molecule is CC(C)CCN(C)c1cnn(C)c(=O)c1Br. The third-order valence-electron chi connectivity index (χ3n) is 2.51. The van der Waals surface area contributed by atoms with Crippen molar-refractivity contribution in [3.05, 3.63) is 21.0 Å². The van der Waals surface area contributed by atoms with Crippen LogP contribution in [-0.2, 0) is 7.05 Å². The van der Waals surface area contributed by atoms with Gasteiger partial charge in [0.25, 0.3) is 5.56 Å². The van der Waals surface area contributed by atoms with E-state index in [-0.39, 0.29) is 5.56 Å². The topological polar surface area (TPSA) is 38.1 Å². The monoisotopic (exact) mass is 287 g/mol. The summed E-state index contributed by atoms with van der Waals surface area (Å²) in [6.45, 7) is 5.29. The number of anilines is 1. The fourth-order valence-corrected chi connectivity index (χ4v) is 2.00. The Labute approximate surface area is 104 Å². The summed E-state index contributed by atoms with van der Waals surface area (Å²) in [6.07, 6.45) is 2.81. The van der Waals surface area contributed by atoms with Crippen LogP contribution in [0.4, 0.5) is 5.69 Å². The standard InChI is InChI=1S/C11H18BrN3O/c1-8(2)5-6-14(3)9-7-13-15(4)11(16)10(9)12/h7-8H,5-6H2,1-4H3. The zero-order chi connectivity index (χ0) is 12.3. The summed E-state index contributed by atoms with van der Waals surface area (Å²) in [6, 6.07) is 0. The molecule has 0 radical (unpaired) electrons. The van der Waals surface area contributed by atoms with Crippen LogP contribution >= 0.6 is 15.9 Å². The minimum Gasteiger partial charge on any atom is -0.372 e. The van der Waals surface area contributed by atoms with E-state index in [0.29, 0.717) is 10.4 Å². The number of rotatable bonds is 4. The first-order chi connectivity index (χ1) is 7.43. The molecule has 0 amide bonds. The highest BCUT2D eigenvalue weighted by molar-refractivity contribution is 9.10. The van der Waals surface area contributed by atoms with Gasteiger partial charge in [0, 0.05) is 20.6 Å². The normalized spacial score (nSPS) is 10.9. The maximum absolute atomic E-state index is 11.7. The Bertz CT molecular complexity index is 414. The van der Waals surface area contributed by atoms with Gasteiger partial charge in [-0.15, -0.1) is 0 Å². The highest BCUT2D eigenvalue weighted by Crippen LogP contribution is 2.20. The van der Waals surface area contributed by atoms with Crippen molar-refractivity contribution in [1.82, 2.24) is 9.78 Å². The molecule has 0 aromatic carbocycles. The minimum absolute atomic E-state index is 0.103. The molecule has 4 nitrogen and oxygen atoms in total. The molecule has 0 saturated heterocycles. The second-order valence-electron chi connectivity index (χ2n) is 4.38. The lowest BCUT2D eigenvalue weighted by molar-refractivity contribution is 0.583. The molecule has 0 spiro atoms. The Balaban J connectivity index is 2.88. The van der Waals surface area contributed by atoms with Crippen molar-refractivity contribution < 1.29 is 0 Å². The molecule has 0 unspecified atom stereocenters. The number of hydrogen-bond donors (Lipinski definition) is 0. The molecule has 0 N–H and O–H groups in total. The molecule has 0 atom stereocenters. The second-order valence-corrected chi connectivity index (χ2v) is 5.17. The number of hydrogen-bond acceptors (Lipinski definition) is 3. The van der Waals surface area contributed by atoms with Crippen LogP contribution in [0.3, 0.4) is 0 Å². The van der Waals surface area contributed by atoms with Crippen LogP contribution in [0.5, 0.6) is 0 Å². The first-order valence-corrected chi connectivity index (χ1v) is 6.15. The zero-order valence-electron chi connectivity index (χ0n) is 10.2. The predicted octanol–water partition coefficient (Wildman–Crippen LogP) is 2.03. The van der Waals surface area contributed by atoms with Crippen molar-refractivity contribution in [2.45, 2.75) is 20.3 Å². The van der Waals surface area contributed by atoms with Crippen molar-refractivity contribution >= 4 is 21.6 Å². The summed E-state index contributed by atoms with van der Waals surface area (Å²) >= 11 is 3.32. The van der Waals surface area contributed by atoms with Gasteiger partial charge in [0.2, 0.25) is 0 Å². The van der Waals surface area contributed by atoms with Gasteiger partial charge in [-0.3, -0.25) is 4.79 Å². The molecule has 90 valence electrons. The number of aryl methyl sites for hydroxylation is 1. The molecular formula is C11H18BrN3O. The fraction of sp³-hybridized carbons (Fsp3) is 0.636. The minimum atomic E-state index is -0.103. The van der Waals surface area contributed by atoms with Crippen LogP contribution in [0.1, 0.15) is 20.3 Å². The van der Waals surface area contributed by atoms with Gasteiger partial charge in [-0.1, -0.05) is 13.8 Å². The lowest BCUT2D eigenvalue weighted by Gasteiger charge is -2.21. The molecule has 5 heteroatoms. The third-order valence-corrected chi connectivity index (χ3v) is 3.26. The van der Waals surface area contributed by atoms with Gasteiger partial charge < -0.3 is 4.90 Å². The highest BCUT2D eigenvalue weighted by Gasteiger charge is 2.11. The summed E-state index contributed by atoms with van der Waals surface area (Å²) in [5.74, 6) is 0.653. The summed E-state index contributed by atoms with van der Waals surface area (Å²) in [5.41, 5.74) is 0.748. The van der Waals surface area contributed by atoms with E-state index in [9.17, 15) is 4.79 Å². The van der Waals surface area contributed by atoms with Crippen molar-refractivity contribution in [3.8, 4) is 0 Å². The highest BCUT2D eigenvalue weighted by atomic mass is 79.9. The van der Waals surface area contributed by atoms with Gasteiger partial charge in [-0.25, -0.2) is 4.68 Å². The molecule has 0 bridgehead atoms. The molecule has 0 aliphatic rings. The van der Waals surface area contributed by atoms with E-state index in [2.05, 4.69) is 39.8 Å². The van der Waals surface area contributed by atoms with Crippen molar-refractivity contribution in [3.63, 3.8) is 0 Å². The second kappa shape index (κ2) is 5.48. The Morgan fingerprint density at radius 2 is 2.19 bits per heavy atom. The molecule has 1 heterocycles. The van der Waals surface area contributed by atoms with E-state index < -0.39 is 0 Å². The zero-order valence-corrected chi connectivity index (χ0v) is 11.8. The van der Waals surface area contributed by atoms with Crippen LogP contribution in [0, 0.1) is 5.92 Å².